The van der Waals surface area contributed by atoms with Crippen LogP contribution in [0.1, 0.15) is 11.1 Å². The summed E-state index contributed by atoms with van der Waals surface area (Å²) in [6.45, 7) is 4.16. The van der Waals surface area contributed by atoms with Crippen LogP contribution in [0, 0.1) is 17.7 Å². The van der Waals surface area contributed by atoms with Gasteiger partial charge in [0, 0.05) is 28.2 Å². The van der Waals surface area contributed by atoms with E-state index in [1.54, 1.807) is 6.26 Å². The van der Waals surface area contributed by atoms with Crippen LogP contribution in [0.5, 0.6) is 0 Å². The number of oxazole rings is 1. The average Bonchev–Trinajstić information content (AvgIpc) is 2.56. The largest absolute Gasteiger partial charge is 0.440 e. The van der Waals surface area contributed by atoms with Crippen molar-refractivity contribution in [2.75, 3.05) is 0 Å². The molecular weight excluding hydrogens is 289 g/mol. The monoisotopic (exact) mass is 299 g/mol. The van der Waals surface area contributed by atoms with Crippen LogP contribution in [0.3, 0.4) is 0 Å². The predicted octanol–water partition coefficient (Wildman–Crippen LogP) is 3.56. The summed E-state index contributed by atoms with van der Waals surface area (Å²) < 4.78 is 5.87. The van der Waals surface area contributed by atoms with Crippen molar-refractivity contribution in [3.8, 4) is 11.3 Å². The quantitative estimate of drug-likeness (QED) is 0.752. The molecule has 0 fully saturated rings. The third-order valence-electron chi connectivity index (χ3n) is 2.15. The lowest BCUT2D eigenvalue weighted by molar-refractivity contribution is 0.525. The molecule has 0 spiro atoms. The zero-order valence-corrected chi connectivity index (χ0v) is 10.2. The molecule has 0 bridgehead atoms. The van der Waals surface area contributed by atoms with E-state index in [-0.39, 0.29) is 0 Å². The van der Waals surface area contributed by atoms with Crippen molar-refractivity contribution in [2.24, 2.45) is 0 Å². The van der Waals surface area contributed by atoms with Gasteiger partial charge in [-0.25, -0.2) is 4.98 Å². The minimum absolute atomic E-state index is 0.679. The molecule has 0 aliphatic heterocycles. The Balaban J connectivity index is 2.55. The highest BCUT2D eigenvalue weighted by atomic mass is 127. The molecule has 0 atom stereocenters. The van der Waals surface area contributed by atoms with E-state index in [2.05, 4.69) is 59.6 Å². The van der Waals surface area contributed by atoms with Gasteiger partial charge >= 0.3 is 0 Å². The van der Waals surface area contributed by atoms with Crippen molar-refractivity contribution in [3.05, 3.63) is 39.5 Å². The topological polar surface area (TPSA) is 26.0 Å². The first kappa shape index (κ1) is 9.71. The molecule has 0 radical (unpaired) electrons. The molecule has 0 saturated heterocycles. The van der Waals surface area contributed by atoms with Crippen molar-refractivity contribution in [2.45, 2.75) is 13.8 Å². The van der Waals surface area contributed by atoms with Gasteiger partial charge in [-0.2, -0.15) is 0 Å². The Kier molecular flexibility index (Phi) is 2.58. The van der Waals surface area contributed by atoms with Gasteiger partial charge < -0.3 is 4.42 Å². The summed E-state index contributed by atoms with van der Waals surface area (Å²) >= 11 is 2.07. The Morgan fingerprint density at radius 3 is 2.71 bits per heavy atom. The fourth-order valence-corrected chi connectivity index (χ4v) is 1.77. The lowest BCUT2D eigenvalue weighted by atomic mass is 10.0. The van der Waals surface area contributed by atoms with Gasteiger partial charge in [-0.1, -0.05) is 17.7 Å². The molecular formula is C11H10INO. The first-order valence-corrected chi connectivity index (χ1v) is 5.43. The molecule has 0 N–H and O–H groups in total. The molecule has 2 aromatic rings. The van der Waals surface area contributed by atoms with Gasteiger partial charge in [0.1, 0.15) is 12.0 Å². The van der Waals surface area contributed by atoms with Gasteiger partial charge in [-0.05, 0) is 25.5 Å². The van der Waals surface area contributed by atoms with E-state index in [0.717, 1.165) is 11.3 Å². The van der Waals surface area contributed by atoms with Crippen molar-refractivity contribution in [1.82, 2.24) is 4.98 Å². The summed E-state index contributed by atoms with van der Waals surface area (Å²) in [5, 5.41) is 0. The third-order valence-corrected chi connectivity index (χ3v) is 2.64. The van der Waals surface area contributed by atoms with Crippen LogP contribution in [0.15, 0.2) is 28.9 Å². The van der Waals surface area contributed by atoms with Crippen molar-refractivity contribution in [1.29, 1.82) is 0 Å². The second-order valence-electron chi connectivity index (χ2n) is 3.30. The summed E-state index contributed by atoms with van der Waals surface area (Å²) in [4.78, 5) is 4.30. The Morgan fingerprint density at radius 2 is 2.07 bits per heavy atom. The van der Waals surface area contributed by atoms with E-state index in [9.17, 15) is 0 Å². The summed E-state index contributed by atoms with van der Waals surface area (Å²) in [7, 11) is 0. The average molecular weight is 299 g/mol. The van der Waals surface area contributed by atoms with Crippen LogP contribution in [0.25, 0.3) is 11.3 Å². The van der Waals surface area contributed by atoms with Crippen LogP contribution in [-0.4, -0.2) is 4.98 Å². The minimum Gasteiger partial charge on any atom is -0.440 e. The normalized spacial score (nSPS) is 10.5. The van der Waals surface area contributed by atoms with Crippen LogP contribution >= 0.6 is 22.6 Å². The fraction of sp³-hybridized carbons (Fsp3) is 0.182. The number of rotatable bonds is 1. The highest BCUT2D eigenvalue weighted by Crippen LogP contribution is 2.24. The summed E-state index contributed by atoms with van der Waals surface area (Å²) in [6.07, 6.45) is 1.70. The van der Waals surface area contributed by atoms with Gasteiger partial charge in [0.15, 0.2) is 0 Å². The minimum atomic E-state index is 0.679. The van der Waals surface area contributed by atoms with Crippen molar-refractivity contribution < 1.29 is 4.42 Å². The van der Waals surface area contributed by atoms with E-state index < -0.39 is 0 Å². The molecule has 1 aromatic carbocycles. The SMILES string of the molecule is Cc1ccc(C)c(-c2coc(I)n2)c1. The number of hydrogen-bond acceptors (Lipinski definition) is 2. The lowest BCUT2D eigenvalue weighted by Crippen LogP contribution is -1.84. The standard InChI is InChI=1S/C11H10INO/c1-7-3-4-8(2)9(5-7)10-6-14-11(12)13-10/h3-6H,1-2H3. The molecule has 2 nitrogen and oxygen atoms in total. The molecule has 14 heavy (non-hydrogen) atoms. The van der Waals surface area contributed by atoms with E-state index in [4.69, 9.17) is 4.42 Å². The Morgan fingerprint density at radius 1 is 1.29 bits per heavy atom. The number of aryl methyl sites for hydroxylation is 2. The number of benzene rings is 1. The molecule has 1 aromatic heterocycles. The van der Waals surface area contributed by atoms with Crippen LogP contribution in [-0.2, 0) is 0 Å². The molecule has 0 unspecified atom stereocenters. The Labute approximate surface area is 96.5 Å². The lowest BCUT2D eigenvalue weighted by Gasteiger charge is -2.02. The maximum atomic E-state index is 5.19. The van der Waals surface area contributed by atoms with E-state index in [0.29, 0.717) is 3.90 Å². The van der Waals surface area contributed by atoms with Crippen LogP contribution < -0.4 is 0 Å². The number of halogens is 1. The summed E-state index contributed by atoms with van der Waals surface area (Å²) in [5.74, 6) is 0. The fourth-order valence-electron chi connectivity index (χ4n) is 1.39. The zero-order chi connectivity index (χ0) is 10.1. The molecule has 0 saturated carbocycles. The van der Waals surface area contributed by atoms with Gasteiger partial charge in [0.25, 0.3) is 3.90 Å². The summed E-state index contributed by atoms with van der Waals surface area (Å²) in [5.41, 5.74) is 4.52. The second kappa shape index (κ2) is 3.73. The second-order valence-corrected chi connectivity index (χ2v) is 4.23. The Hall–Kier alpha value is -0.840. The molecule has 0 amide bonds. The molecule has 0 aliphatic rings. The molecule has 0 aliphatic carbocycles. The molecule has 1 heterocycles. The van der Waals surface area contributed by atoms with Crippen LogP contribution in [0.2, 0.25) is 0 Å². The Bertz CT molecular complexity index is 462. The summed E-state index contributed by atoms with van der Waals surface area (Å²) in [6, 6.07) is 6.33. The zero-order valence-electron chi connectivity index (χ0n) is 8.04. The first-order chi connectivity index (χ1) is 6.66. The van der Waals surface area contributed by atoms with Crippen molar-refractivity contribution in [3.63, 3.8) is 0 Å². The highest BCUT2D eigenvalue weighted by molar-refractivity contribution is 14.1. The number of hydrogen-bond donors (Lipinski definition) is 0. The molecule has 72 valence electrons. The van der Waals surface area contributed by atoms with Crippen LogP contribution in [0.4, 0.5) is 0 Å². The van der Waals surface area contributed by atoms with Gasteiger partial charge in [-0.3, -0.25) is 0 Å². The van der Waals surface area contributed by atoms with E-state index in [1.807, 2.05) is 0 Å². The third kappa shape index (κ3) is 1.82. The smallest absolute Gasteiger partial charge is 0.257 e. The number of aromatic nitrogens is 1. The maximum Gasteiger partial charge on any atom is 0.257 e. The predicted molar refractivity (Wildman–Crippen MR) is 64.1 cm³/mol. The molecule has 3 heteroatoms. The van der Waals surface area contributed by atoms with Gasteiger partial charge in [0.05, 0.1) is 0 Å². The first-order valence-electron chi connectivity index (χ1n) is 4.35. The highest BCUT2D eigenvalue weighted by Gasteiger charge is 2.06. The van der Waals surface area contributed by atoms with E-state index in [1.165, 1.54) is 11.1 Å². The van der Waals surface area contributed by atoms with Gasteiger partial charge in [0.2, 0.25) is 0 Å². The van der Waals surface area contributed by atoms with Gasteiger partial charge in [-0.15, -0.1) is 0 Å². The van der Waals surface area contributed by atoms with E-state index >= 15 is 0 Å². The molecule has 2 rings (SSSR count). The number of nitrogens with zero attached hydrogens (tertiary/aromatic N) is 1. The van der Waals surface area contributed by atoms with Crippen molar-refractivity contribution >= 4 is 22.6 Å². The maximum absolute atomic E-state index is 5.19.